The van der Waals surface area contributed by atoms with E-state index in [1.165, 1.54) is 16.0 Å². The lowest BCUT2D eigenvalue weighted by Gasteiger charge is -2.17. The van der Waals surface area contributed by atoms with Gasteiger partial charge in [-0.3, -0.25) is 0 Å². The van der Waals surface area contributed by atoms with Gasteiger partial charge < -0.3 is 5.32 Å². The van der Waals surface area contributed by atoms with Gasteiger partial charge in [0.1, 0.15) is 0 Å². The van der Waals surface area contributed by atoms with E-state index >= 15 is 0 Å². The first-order valence-electron chi connectivity index (χ1n) is 5.41. The predicted octanol–water partition coefficient (Wildman–Crippen LogP) is 5.65. The molecule has 18 heavy (non-hydrogen) atoms. The summed E-state index contributed by atoms with van der Waals surface area (Å²) in [5.74, 6) is 0. The molecule has 0 amide bonds. The summed E-state index contributed by atoms with van der Waals surface area (Å²) in [5, 5.41) is 3.37. The average molecular weight is 454 g/mol. The van der Waals surface area contributed by atoms with Crippen molar-refractivity contribution in [3.05, 3.63) is 53.0 Å². The Hall–Kier alpha value is 0.320. The SMILES string of the molecule is CNC(c1cc(Br)c(Br)s1)c1ccc(C)cc1Br. The Morgan fingerprint density at radius 3 is 2.33 bits per heavy atom. The minimum absolute atomic E-state index is 0.201. The number of thiophene rings is 1. The molecule has 5 heteroatoms. The maximum absolute atomic E-state index is 3.65. The lowest BCUT2D eigenvalue weighted by molar-refractivity contribution is 0.700. The van der Waals surface area contributed by atoms with Crippen molar-refractivity contribution in [1.82, 2.24) is 5.32 Å². The van der Waals surface area contributed by atoms with Gasteiger partial charge in [0.15, 0.2) is 0 Å². The van der Waals surface area contributed by atoms with Crippen molar-refractivity contribution in [2.24, 2.45) is 0 Å². The Bertz CT molecular complexity index is 546. The van der Waals surface area contributed by atoms with E-state index in [1.54, 1.807) is 11.3 Å². The number of rotatable bonds is 3. The van der Waals surface area contributed by atoms with Crippen molar-refractivity contribution >= 4 is 59.1 Å². The standard InChI is InChI=1S/C13H12Br3NS/c1-7-3-4-8(9(14)5-7)12(17-2)11-6-10(15)13(16)18-11/h3-6,12,17H,1-2H3. The summed E-state index contributed by atoms with van der Waals surface area (Å²) >= 11 is 12.5. The largest absolute Gasteiger partial charge is 0.309 e. The van der Waals surface area contributed by atoms with Gasteiger partial charge in [0.2, 0.25) is 0 Å². The molecular formula is C13H12Br3NS. The molecule has 1 heterocycles. The Balaban J connectivity index is 2.45. The fourth-order valence-corrected chi connectivity index (χ4v) is 4.76. The van der Waals surface area contributed by atoms with Crippen LogP contribution in [0.25, 0.3) is 0 Å². The van der Waals surface area contributed by atoms with E-state index in [0.29, 0.717) is 0 Å². The highest BCUT2D eigenvalue weighted by Crippen LogP contribution is 2.39. The summed E-state index contributed by atoms with van der Waals surface area (Å²) in [5.41, 5.74) is 2.51. The van der Waals surface area contributed by atoms with Gasteiger partial charge in [-0.15, -0.1) is 11.3 Å². The molecular weight excluding hydrogens is 442 g/mol. The van der Waals surface area contributed by atoms with Crippen LogP contribution in [0.4, 0.5) is 0 Å². The lowest BCUT2D eigenvalue weighted by Crippen LogP contribution is -2.17. The number of aryl methyl sites for hydroxylation is 1. The van der Waals surface area contributed by atoms with Crippen molar-refractivity contribution in [2.45, 2.75) is 13.0 Å². The first kappa shape index (κ1) is 14.7. The Labute approximate surface area is 136 Å². The zero-order valence-corrected chi connectivity index (χ0v) is 15.5. The summed E-state index contributed by atoms with van der Waals surface area (Å²) in [6.07, 6.45) is 0. The van der Waals surface area contributed by atoms with E-state index in [1.807, 2.05) is 7.05 Å². The highest BCUT2D eigenvalue weighted by molar-refractivity contribution is 9.13. The van der Waals surface area contributed by atoms with Crippen LogP contribution in [0.5, 0.6) is 0 Å². The molecule has 1 N–H and O–H groups in total. The van der Waals surface area contributed by atoms with E-state index in [-0.39, 0.29) is 6.04 Å². The van der Waals surface area contributed by atoms with Crippen LogP contribution >= 0.6 is 59.1 Å². The van der Waals surface area contributed by atoms with Crippen LogP contribution in [0.3, 0.4) is 0 Å². The van der Waals surface area contributed by atoms with Crippen LogP contribution in [0.15, 0.2) is 37.0 Å². The molecule has 1 aromatic carbocycles. The van der Waals surface area contributed by atoms with Crippen LogP contribution < -0.4 is 5.32 Å². The van der Waals surface area contributed by atoms with Crippen molar-refractivity contribution in [3.63, 3.8) is 0 Å². The van der Waals surface area contributed by atoms with Gasteiger partial charge in [-0.1, -0.05) is 28.1 Å². The smallest absolute Gasteiger partial charge is 0.0843 e. The number of hydrogen-bond donors (Lipinski definition) is 1. The van der Waals surface area contributed by atoms with Crippen molar-refractivity contribution < 1.29 is 0 Å². The highest BCUT2D eigenvalue weighted by Gasteiger charge is 2.18. The molecule has 0 fully saturated rings. The topological polar surface area (TPSA) is 12.0 Å². The van der Waals surface area contributed by atoms with E-state index in [9.17, 15) is 0 Å². The second-order valence-corrected chi connectivity index (χ2v) is 8.13. The third kappa shape index (κ3) is 3.07. The molecule has 1 nitrogen and oxygen atoms in total. The zero-order chi connectivity index (χ0) is 13.3. The molecule has 0 saturated heterocycles. The van der Waals surface area contributed by atoms with E-state index in [0.717, 1.165) is 12.7 Å². The molecule has 96 valence electrons. The normalized spacial score (nSPS) is 12.7. The number of hydrogen-bond acceptors (Lipinski definition) is 2. The molecule has 1 unspecified atom stereocenters. The Kier molecular flexibility index (Phi) is 5.06. The average Bonchev–Trinajstić information content (AvgIpc) is 2.63. The van der Waals surface area contributed by atoms with E-state index in [4.69, 9.17) is 0 Å². The fourth-order valence-electron chi connectivity index (χ4n) is 1.82. The third-order valence-electron chi connectivity index (χ3n) is 2.70. The van der Waals surface area contributed by atoms with Gasteiger partial charge in [0.05, 0.1) is 9.83 Å². The molecule has 0 bridgehead atoms. The number of benzene rings is 1. The van der Waals surface area contributed by atoms with Crippen molar-refractivity contribution in [2.75, 3.05) is 7.05 Å². The van der Waals surface area contributed by atoms with Crippen LogP contribution in [0.1, 0.15) is 22.0 Å². The zero-order valence-electron chi connectivity index (χ0n) is 9.93. The molecule has 0 aliphatic heterocycles. The van der Waals surface area contributed by atoms with Crippen LogP contribution in [-0.2, 0) is 0 Å². The molecule has 0 spiro atoms. The van der Waals surface area contributed by atoms with Gasteiger partial charge in [0.25, 0.3) is 0 Å². The fraction of sp³-hybridized carbons (Fsp3) is 0.231. The van der Waals surface area contributed by atoms with Gasteiger partial charge in [-0.05, 0) is 69.1 Å². The summed E-state index contributed by atoms with van der Waals surface area (Å²) in [6.45, 7) is 2.10. The van der Waals surface area contributed by atoms with E-state index in [2.05, 4.69) is 84.3 Å². The predicted molar refractivity (Wildman–Crippen MR) is 89.5 cm³/mol. The van der Waals surface area contributed by atoms with Crippen LogP contribution in [-0.4, -0.2) is 7.05 Å². The van der Waals surface area contributed by atoms with Gasteiger partial charge in [-0.2, -0.15) is 0 Å². The molecule has 0 radical (unpaired) electrons. The summed E-state index contributed by atoms with van der Waals surface area (Å²) < 4.78 is 3.37. The summed E-state index contributed by atoms with van der Waals surface area (Å²) in [6, 6.07) is 8.82. The Morgan fingerprint density at radius 1 is 1.11 bits per heavy atom. The lowest BCUT2D eigenvalue weighted by atomic mass is 10.0. The Morgan fingerprint density at radius 2 is 1.83 bits per heavy atom. The van der Waals surface area contributed by atoms with Crippen molar-refractivity contribution in [1.29, 1.82) is 0 Å². The summed E-state index contributed by atoms with van der Waals surface area (Å²) in [7, 11) is 1.98. The summed E-state index contributed by atoms with van der Waals surface area (Å²) in [4.78, 5) is 1.28. The van der Waals surface area contributed by atoms with Crippen LogP contribution in [0.2, 0.25) is 0 Å². The maximum Gasteiger partial charge on any atom is 0.0843 e. The molecule has 1 aromatic heterocycles. The van der Waals surface area contributed by atoms with Gasteiger partial charge >= 0.3 is 0 Å². The first-order valence-corrected chi connectivity index (χ1v) is 8.60. The molecule has 1 atom stereocenters. The van der Waals surface area contributed by atoms with Crippen molar-refractivity contribution in [3.8, 4) is 0 Å². The number of halogens is 3. The van der Waals surface area contributed by atoms with E-state index < -0.39 is 0 Å². The van der Waals surface area contributed by atoms with Gasteiger partial charge in [-0.25, -0.2) is 0 Å². The molecule has 0 saturated carbocycles. The van der Waals surface area contributed by atoms with Crippen LogP contribution in [0, 0.1) is 6.92 Å². The monoisotopic (exact) mass is 451 g/mol. The number of nitrogens with one attached hydrogen (secondary N) is 1. The second-order valence-electron chi connectivity index (χ2n) is 4.02. The maximum atomic E-state index is 3.65. The molecule has 0 aliphatic rings. The minimum Gasteiger partial charge on any atom is -0.309 e. The molecule has 0 aliphatic carbocycles. The van der Waals surface area contributed by atoms with Gasteiger partial charge in [0, 0.05) is 13.8 Å². The minimum atomic E-state index is 0.201. The highest BCUT2D eigenvalue weighted by atomic mass is 79.9. The molecule has 2 rings (SSSR count). The second kappa shape index (κ2) is 6.18. The molecule has 2 aromatic rings. The quantitative estimate of drug-likeness (QED) is 0.633. The first-order chi connectivity index (χ1) is 8.52. The third-order valence-corrected chi connectivity index (χ3v) is 6.71.